The highest BCUT2D eigenvalue weighted by molar-refractivity contribution is 9.10. The van der Waals surface area contributed by atoms with E-state index < -0.39 is 24.2 Å². The molecule has 0 bridgehead atoms. The number of rotatable bonds is 18. The first-order chi connectivity index (χ1) is 62.9. The molecule has 5 N–H and O–H groups in total. The van der Waals surface area contributed by atoms with Crippen molar-refractivity contribution in [3.8, 4) is 45.1 Å². The van der Waals surface area contributed by atoms with Crippen molar-refractivity contribution >= 4 is 106 Å². The average Bonchev–Trinajstić information content (AvgIpc) is 1.14. The van der Waals surface area contributed by atoms with Crippen LogP contribution in [0.25, 0.3) is 88.2 Å². The molecular weight excluding hydrogens is 1740 g/mol. The summed E-state index contributed by atoms with van der Waals surface area (Å²) >= 11 is 15.9. The smallest absolute Gasteiger partial charge is 0.272 e. The van der Waals surface area contributed by atoms with Crippen molar-refractivity contribution < 1.29 is 19.2 Å². The molecule has 0 aliphatic heterocycles. The molecule has 0 radical (unpaired) electrons. The fourth-order valence-corrected chi connectivity index (χ4v) is 16.3. The number of hydrogen-bond acceptors (Lipinski definition) is 17. The zero-order chi connectivity index (χ0) is 91.4. The number of H-pyrrole nitrogens is 1. The Labute approximate surface area is 763 Å². The Morgan fingerprint density at radius 2 is 0.723 bits per heavy atom. The first-order valence-corrected chi connectivity index (χ1v) is 42.8. The van der Waals surface area contributed by atoms with Gasteiger partial charge in [0.05, 0.1) is 78.4 Å². The number of amides is 4. The summed E-state index contributed by atoms with van der Waals surface area (Å²) in [7, 11) is 0. The van der Waals surface area contributed by atoms with Gasteiger partial charge in [-0.2, -0.15) is 5.10 Å². The van der Waals surface area contributed by atoms with E-state index in [9.17, 15) is 38.4 Å². The molecule has 10 heterocycles. The highest BCUT2D eigenvalue weighted by atomic mass is 79.9. The lowest BCUT2D eigenvalue weighted by Gasteiger charge is -2.21. The van der Waals surface area contributed by atoms with E-state index in [1.165, 1.54) is 12.4 Å². The van der Waals surface area contributed by atoms with Gasteiger partial charge in [-0.25, -0.2) is 19.9 Å². The third-order valence-electron chi connectivity index (χ3n) is 21.8. The van der Waals surface area contributed by atoms with Crippen LogP contribution in [-0.4, -0.2) is 92.0 Å². The summed E-state index contributed by atoms with van der Waals surface area (Å²) < 4.78 is 6.84. The van der Waals surface area contributed by atoms with Crippen LogP contribution in [0.15, 0.2) is 328 Å². The molecule has 0 saturated carbocycles. The molecule has 8 aromatic carbocycles. The molecule has 18 aromatic rings. The van der Waals surface area contributed by atoms with Crippen LogP contribution in [0, 0.1) is 27.7 Å². The number of nitrogens with zero attached hydrogens (tertiary/aromatic N) is 13. The van der Waals surface area contributed by atoms with Gasteiger partial charge in [-0.3, -0.25) is 81.7 Å². The average molecular weight is 1830 g/mol. The van der Waals surface area contributed by atoms with Crippen LogP contribution in [-0.2, 0) is 0 Å². The minimum Gasteiger partial charge on any atom is -0.344 e. The largest absolute Gasteiger partial charge is 0.344 e. The Morgan fingerprint density at radius 1 is 0.354 bits per heavy atom. The van der Waals surface area contributed by atoms with E-state index in [1.54, 1.807) is 120 Å². The van der Waals surface area contributed by atoms with E-state index in [0.29, 0.717) is 115 Å². The summed E-state index contributed by atoms with van der Waals surface area (Å²) in [6.07, 6.45) is 14.4. The van der Waals surface area contributed by atoms with E-state index >= 15 is 0 Å². The Hall–Kier alpha value is -15.7. The van der Waals surface area contributed by atoms with Crippen molar-refractivity contribution in [1.29, 1.82) is 0 Å². The Morgan fingerprint density at radius 3 is 1.12 bits per heavy atom. The number of nitrogens with one attached hydrogen (secondary N) is 5. The van der Waals surface area contributed by atoms with Crippen molar-refractivity contribution in [2.75, 3.05) is 0 Å². The van der Waals surface area contributed by atoms with Crippen molar-refractivity contribution in [2.45, 2.75) is 79.6 Å². The number of pyridine rings is 6. The number of fused-ring (bicyclic) bond motifs is 4. The van der Waals surface area contributed by atoms with E-state index in [0.717, 1.165) is 38.5 Å². The van der Waals surface area contributed by atoms with Gasteiger partial charge >= 0.3 is 0 Å². The molecule has 18 rings (SSSR count). The van der Waals surface area contributed by atoms with Crippen LogP contribution in [0.4, 0.5) is 0 Å². The predicted molar refractivity (Wildman–Crippen MR) is 510 cm³/mol. The molecule has 10 aromatic heterocycles. The van der Waals surface area contributed by atoms with E-state index in [1.807, 2.05) is 246 Å². The Bertz CT molecular complexity index is 7560. The third-order valence-corrected chi connectivity index (χ3v) is 22.8. The molecule has 4 atom stereocenters. The van der Waals surface area contributed by atoms with Crippen molar-refractivity contribution in [3.05, 3.63) is 429 Å². The van der Waals surface area contributed by atoms with Gasteiger partial charge in [0.25, 0.3) is 45.9 Å². The van der Waals surface area contributed by atoms with Gasteiger partial charge in [-0.1, -0.05) is 163 Å². The maximum atomic E-state index is 14.1. The molecule has 0 fully saturated rings. The number of halogens is 3. The van der Waals surface area contributed by atoms with Gasteiger partial charge in [-0.05, 0) is 213 Å². The second-order valence-electron chi connectivity index (χ2n) is 30.4. The highest BCUT2D eigenvalue weighted by Gasteiger charge is 2.28. The first-order valence-electron chi connectivity index (χ1n) is 41.3. The van der Waals surface area contributed by atoms with E-state index in [-0.39, 0.29) is 62.9 Å². The highest BCUT2D eigenvalue weighted by Crippen LogP contribution is 2.34. The molecule has 646 valence electrons. The molecule has 29 heteroatoms. The van der Waals surface area contributed by atoms with Crippen LogP contribution in [0.1, 0.15) is 139 Å². The van der Waals surface area contributed by atoms with Gasteiger partial charge in [0.1, 0.15) is 17.1 Å². The Kier molecular flexibility index (Phi) is 27.3. The van der Waals surface area contributed by atoms with Gasteiger partial charge in [0, 0.05) is 118 Å². The molecular formula is C101H83BrCl2N18O8. The summed E-state index contributed by atoms with van der Waals surface area (Å²) in [5.41, 5.74) is 11.5. The van der Waals surface area contributed by atoms with Gasteiger partial charge in [0.15, 0.2) is 4.73 Å². The number of para-hydroxylation sites is 4. The van der Waals surface area contributed by atoms with Crippen LogP contribution >= 0.6 is 39.1 Å². The lowest BCUT2D eigenvalue weighted by molar-refractivity contribution is 0.0924. The summed E-state index contributed by atoms with van der Waals surface area (Å²) in [5, 5.41) is 24.8. The summed E-state index contributed by atoms with van der Waals surface area (Å²) in [6.45, 7) is 14.4. The monoisotopic (exact) mass is 1820 g/mol. The maximum absolute atomic E-state index is 14.1. The quantitative estimate of drug-likeness (QED) is 0.0498. The normalized spacial score (nSPS) is 11.9. The maximum Gasteiger partial charge on any atom is 0.272 e. The van der Waals surface area contributed by atoms with Gasteiger partial charge in [-0.15, -0.1) is 0 Å². The zero-order valence-electron chi connectivity index (χ0n) is 71.4. The fraction of sp³-hybridized carbons (Fsp3) is 0.119. The second-order valence-corrected chi connectivity index (χ2v) is 31.9. The molecule has 0 spiro atoms. The molecule has 0 unspecified atom stereocenters. The molecule has 0 saturated heterocycles. The Balaban J connectivity index is 0.000000133. The van der Waals surface area contributed by atoms with E-state index in [2.05, 4.69) is 87.3 Å². The number of hydrogen-bond donors (Lipinski definition) is 5. The third kappa shape index (κ3) is 19.2. The summed E-state index contributed by atoms with van der Waals surface area (Å²) in [4.78, 5) is 140. The number of aromatic nitrogens is 14. The number of aryl methyl sites for hydroxylation is 4. The first kappa shape index (κ1) is 89.1. The minimum atomic E-state index is -0.489. The standard InChI is InChI=1S/C28H23N5O2.C26H22N6O2.C24H20ClN3O2.C23H18BrClN4O2/c1-18(32-27(34)26-19(2)30-14-15-31-26)24-16-20-8-6-12-23(21-9-7-13-29-17-21)25(20)28(35)33(24)22-10-4-3-5-11-22;1-16(30-25(33)24-17(2)27-13-14-28-24)22-15-18-7-6-10-20(21-11-12-29-31-21)23(18)26(34)32(22)19-8-4-3-5-9-19;1-15-19(11-7-13-26-15)23(29)27-16(2)21-14-17-8-6-12-20(25)22(17)24(30)28(21)18-9-4-3-5-10-18;1-13-12-26-23(24)28-20(13)21(30)27-14(2)18-11-15-7-6-10-17(25)19(15)22(31)29(18)16-8-4-3-5-9-16/h3-18H,1-2H3,(H,32,34);3-16H,1-2H3,(H,29,31)(H,30,33);3-14,16H,1-2H3,(H,27,29);3-12,14H,1-2H3,(H,27,30)/t18-;2*16-;14-/m0000/s1. The predicted octanol–water partition coefficient (Wildman–Crippen LogP) is 18.4. The second kappa shape index (κ2) is 39.9. The van der Waals surface area contributed by atoms with Crippen LogP contribution in [0.5, 0.6) is 0 Å². The summed E-state index contributed by atoms with van der Waals surface area (Å²) in [6, 6.07) is 74.4. The van der Waals surface area contributed by atoms with Crippen molar-refractivity contribution in [3.63, 3.8) is 0 Å². The molecule has 0 aliphatic carbocycles. The number of aromatic amines is 1. The number of benzene rings is 8. The molecule has 0 aliphatic rings. The van der Waals surface area contributed by atoms with E-state index in [4.69, 9.17) is 23.2 Å². The fourth-order valence-electron chi connectivity index (χ4n) is 15.5. The van der Waals surface area contributed by atoms with Crippen LogP contribution in [0.3, 0.4) is 0 Å². The van der Waals surface area contributed by atoms with Crippen molar-refractivity contribution in [2.24, 2.45) is 0 Å². The zero-order valence-corrected chi connectivity index (χ0v) is 74.5. The topological polar surface area (TPSA) is 336 Å². The van der Waals surface area contributed by atoms with Crippen molar-refractivity contribution in [1.82, 2.24) is 89.6 Å². The van der Waals surface area contributed by atoms with Gasteiger partial charge < -0.3 is 21.3 Å². The van der Waals surface area contributed by atoms with Crippen LogP contribution in [0.2, 0.25) is 10.0 Å². The SMILES string of the molecule is Cc1cnc(Br)nc1C(=O)N[C@@H](C)c1cc2cccc(Cl)c2c(=O)n1-c1ccccc1.Cc1ncccc1C(=O)N[C@@H](C)c1cc2cccc(Cl)c2c(=O)n1-c1ccccc1.Cc1nccnc1C(=O)N[C@@H](C)c1cc2cccc(-c3cccnc3)c2c(=O)n1-c1ccccc1.Cc1nccnc1C(=O)N[C@@H](C)c1cc2cccc(-c3ccn[nH]3)c2c(=O)n1-c1ccccc1. The van der Waals surface area contributed by atoms with Crippen LogP contribution < -0.4 is 43.5 Å². The van der Waals surface area contributed by atoms with Gasteiger partial charge in [0.2, 0.25) is 0 Å². The number of carbonyl (C=O) groups excluding carboxylic acids is 4. The molecule has 4 amide bonds. The lowest BCUT2D eigenvalue weighted by Crippen LogP contribution is -2.33. The molecule has 26 nitrogen and oxygen atoms in total. The summed E-state index contributed by atoms with van der Waals surface area (Å²) in [5.74, 6) is -1.30. The molecule has 130 heavy (non-hydrogen) atoms. The minimum absolute atomic E-state index is 0.167. The number of carbonyl (C=O) groups is 4. The lowest BCUT2D eigenvalue weighted by atomic mass is 9.99.